The number of para-hydroxylation sites is 1. The molecule has 2 aliphatic heterocycles. The van der Waals surface area contributed by atoms with Crippen molar-refractivity contribution in [3.8, 4) is 5.75 Å². The highest BCUT2D eigenvalue weighted by Gasteiger charge is 2.42. The lowest BCUT2D eigenvalue weighted by molar-refractivity contribution is -0.183. The van der Waals surface area contributed by atoms with Crippen LogP contribution in [0.2, 0.25) is 0 Å². The molecule has 3 atom stereocenters. The molecule has 0 spiro atoms. The Bertz CT molecular complexity index is 791. The number of hydrogen-bond acceptors (Lipinski definition) is 4. The zero-order valence-electron chi connectivity index (χ0n) is 16.4. The van der Waals surface area contributed by atoms with Crippen LogP contribution in [0, 0.1) is 11.8 Å². The van der Waals surface area contributed by atoms with E-state index in [9.17, 15) is 8.42 Å². The van der Waals surface area contributed by atoms with Gasteiger partial charge in [-0.15, -0.1) is 0 Å². The molecule has 2 fully saturated rings. The van der Waals surface area contributed by atoms with E-state index >= 15 is 4.39 Å². The number of ether oxygens (including phenoxy) is 2. The van der Waals surface area contributed by atoms with Crippen LogP contribution in [0.1, 0.15) is 56.4 Å². The van der Waals surface area contributed by atoms with Crippen LogP contribution in [0.5, 0.6) is 5.75 Å². The van der Waals surface area contributed by atoms with Crippen molar-refractivity contribution in [1.82, 2.24) is 4.72 Å². The predicted octanol–water partition coefficient (Wildman–Crippen LogP) is 3.75. The number of halogens is 1. The summed E-state index contributed by atoms with van der Waals surface area (Å²) in [5.41, 5.74) is 1.16. The molecule has 156 valence electrons. The molecule has 1 N–H and O–H groups in total. The van der Waals surface area contributed by atoms with E-state index in [4.69, 9.17) is 9.47 Å². The summed E-state index contributed by atoms with van der Waals surface area (Å²) in [4.78, 5) is 0. The van der Waals surface area contributed by atoms with Gasteiger partial charge in [-0.25, -0.2) is 17.5 Å². The van der Waals surface area contributed by atoms with Crippen molar-refractivity contribution in [2.75, 3.05) is 19.5 Å². The van der Waals surface area contributed by atoms with Crippen molar-refractivity contribution >= 4 is 10.0 Å². The third-order valence-electron chi connectivity index (χ3n) is 6.66. The highest BCUT2D eigenvalue weighted by molar-refractivity contribution is 7.88. The zero-order chi connectivity index (χ0) is 19.8. The Morgan fingerprint density at radius 2 is 1.86 bits per heavy atom. The van der Waals surface area contributed by atoms with Gasteiger partial charge in [0.1, 0.15) is 5.75 Å². The Labute approximate surface area is 167 Å². The van der Waals surface area contributed by atoms with Crippen LogP contribution in [0.3, 0.4) is 0 Å². The maximum atomic E-state index is 15.3. The second-order valence-electron chi connectivity index (χ2n) is 8.67. The summed E-state index contributed by atoms with van der Waals surface area (Å²) >= 11 is 0. The predicted molar refractivity (Wildman–Crippen MR) is 106 cm³/mol. The zero-order valence-corrected chi connectivity index (χ0v) is 17.2. The minimum absolute atomic E-state index is 0.0968. The smallest absolute Gasteiger partial charge is 0.209 e. The fraction of sp³-hybridized carbons (Fsp3) is 0.714. The molecule has 0 amide bonds. The number of rotatable bonds is 2. The topological polar surface area (TPSA) is 64.6 Å². The Kier molecular flexibility index (Phi) is 5.69. The molecule has 1 aromatic carbocycles. The standard InChI is InChI=1S/C21H30FNO4S/c1-28(24,25)23-19-7-4-5-16-13-26-20-8-3-2-6-17(20)15-9-11-21(22,12-10-15)27-14-18(16)19/h2-3,6,8,15-16,18-19,23H,4-5,7,9-14H2,1H3/t15-,16?,18-,19+,21+/m1/s1. The summed E-state index contributed by atoms with van der Waals surface area (Å²) in [7, 11) is -3.34. The number of sulfonamides is 1. The third kappa shape index (κ3) is 4.52. The molecular formula is C21H30FNO4S. The molecule has 1 aromatic rings. The second kappa shape index (κ2) is 7.92. The van der Waals surface area contributed by atoms with Crippen LogP contribution >= 0.6 is 0 Å². The Hall–Kier alpha value is -1.18. The van der Waals surface area contributed by atoms with Gasteiger partial charge in [-0.2, -0.15) is 0 Å². The maximum Gasteiger partial charge on any atom is 0.209 e. The van der Waals surface area contributed by atoms with Crippen molar-refractivity contribution in [3.05, 3.63) is 29.8 Å². The third-order valence-corrected chi connectivity index (χ3v) is 7.39. The highest BCUT2D eigenvalue weighted by atomic mass is 32.2. The number of nitrogens with one attached hydrogen (secondary N) is 1. The van der Waals surface area contributed by atoms with Crippen LogP contribution in [0.4, 0.5) is 4.39 Å². The normalized spacial score (nSPS) is 36.4. The highest BCUT2D eigenvalue weighted by Crippen LogP contribution is 2.45. The largest absolute Gasteiger partial charge is 0.493 e. The molecule has 7 heteroatoms. The first-order chi connectivity index (χ1) is 13.3. The van der Waals surface area contributed by atoms with E-state index in [1.54, 1.807) is 0 Å². The molecule has 1 unspecified atom stereocenters. The molecule has 28 heavy (non-hydrogen) atoms. The van der Waals surface area contributed by atoms with E-state index in [2.05, 4.69) is 10.8 Å². The molecular weight excluding hydrogens is 381 g/mol. The molecule has 4 aliphatic rings. The van der Waals surface area contributed by atoms with Gasteiger partial charge in [0.25, 0.3) is 0 Å². The summed E-state index contributed by atoms with van der Waals surface area (Å²) in [5, 5.41) is 0. The molecule has 0 radical (unpaired) electrons. The van der Waals surface area contributed by atoms with E-state index in [-0.39, 0.29) is 24.5 Å². The van der Waals surface area contributed by atoms with Crippen molar-refractivity contribution in [2.45, 2.75) is 62.8 Å². The van der Waals surface area contributed by atoms with Gasteiger partial charge >= 0.3 is 0 Å². The molecule has 2 bridgehead atoms. The molecule has 5 nitrogen and oxygen atoms in total. The lowest BCUT2D eigenvalue weighted by atomic mass is 9.76. The van der Waals surface area contributed by atoms with Gasteiger partial charge in [-0.1, -0.05) is 24.6 Å². The average molecular weight is 412 g/mol. The van der Waals surface area contributed by atoms with Crippen LogP contribution in [-0.2, 0) is 14.8 Å². The monoisotopic (exact) mass is 411 g/mol. The summed E-state index contributed by atoms with van der Waals surface area (Å²) in [5.74, 6) is -0.395. The summed E-state index contributed by atoms with van der Waals surface area (Å²) in [6, 6.07) is 7.83. The van der Waals surface area contributed by atoms with Crippen molar-refractivity contribution in [1.29, 1.82) is 0 Å². The fourth-order valence-electron chi connectivity index (χ4n) is 5.13. The molecule has 2 saturated carbocycles. The average Bonchev–Trinajstić information content (AvgIpc) is 2.64. The summed E-state index contributed by atoms with van der Waals surface area (Å²) < 4.78 is 53.9. The van der Waals surface area contributed by atoms with Crippen molar-refractivity contribution in [2.24, 2.45) is 11.8 Å². The van der Waals surface area contributed by atoms with E-state index in [1.165, 1.54) is 6.26 Å². The molecule has 2 heterocycles. The Morgan fingerprint density at radius 1 is 1.11 bits per heavy atom. The lowest BCUT2D eigenvalue weighted by Crippen LogP contribution is -2.49. The van der Waals surface area contributed by atoms with E-state index in [0.29, 0.717) is 25.4 Å². The SMILES string of the molecule is CS(=O)(=O)N[C@H]1CCCC2COc3ccccc3[C@H]3CC[C@](F)(CC3)OC[C@H]21. The summed E-state index contributed by atoms with van der Waals surface area (Å²) in [6.07, 6.45) is 5.98. The van der Waals surface area contributed by atoms with E-state index in [1.807, 2.05) is 18.2 Å². The number of hydrogen-bond donors (Lipinski definition) is 1. The quantitative estimate of drug-likeness (QED) is 0.805. The van der Waals surface area contributed by atoms with Gasteiger partial charge in [0.2, 0.25) is 15.9 Å². The van der Waals surface area contributed by atoms with Gasteiger partial charge in [-0.3, -0.25) is 0 Å². The van der Waals surface area contributed by atoms with E-state index in [0.717, 1.165) is 43.4 Å². The van der Waals surface area contributed by atoms with Crippen molar-refractivity contribution < 1.29 is 22.3 Å². The second-order valence-corrected chi connectivity index (χ2v) is 10.4. The lowest BCUT2D eigenvalue weighted by Gasteiger charge is -2.41. The number of alkyl halides is 1. The van der Waals surface area contributed by atoms with Gasteiger partial charge in [-0.05, 0) is 49.1 Å². The van der Waals surface area contributed by atoms with Gasteiger partial charge < -0.3 is 9.47 Å². The minimum Gasteiger partial charge on any atom is -0.493 e. The van der Waals surface area contributed by atoms with Gasteiger partial charge in [0, 0.05) is 24.8 Å². The fourth-order valence-corrected chi connectivity index (χ4v) is 5.98. The van der Waals surface area contributed by atoms with Gasteiger partial charge in [0.15, 0.2) is 0 Å². The molecule has 5 rings (SSSR count). The van der Waals surface area contributed by atoms with Crippen LogP contribution in [0.25, 0.3) is 0 Å². The minimum atomic E-state index is -3.34. The van der Waals surface area contributed by atoms with E-state index < -0.39 is 15.9 Å². The maximum absolute atomic E-state index is 15.3. The first-order valence-corrected chi connectivity index (χ1v) is 12.2. The van der Waals surface area contributed by atoms with Crippen molar-refractivity contribution in [3.63, 3.8) is 0 Å². The first-order valence-electron chi connectivity index (χ1n) is 10.3. The summed E-state index contributed by atoms with van der Waals surface area (Å²) in [6.45, 7) is 0.725. The Balaban J connectivity index is 1.63. The molecule has 2 aliphatic carbocycles. The Morgan fingerprint density at radius 3 is 2.61 bits per heavy atom. The van der Waals surface area contributed by atoms with Crippen LogP contribution in [-0.4, -0.2) is 39.8 Å². The number of benzene rings is 1. The first kappa shape index (κ1) is 20.1. The molecule has 0 saturated heterocycles. The van der Waals surface area contributed by atoms with Crippen LogP contribution < -0.4 is 9.46 Å². The number of fused-ring (bicyclic) bond motifs is 4. The molecule has 0 aromatic heterocycles. The van der Waals surface area contributed by atoms with Gasteiger partial charge in [0.05, 0.1) is 19.5 Å². The van der Waals surface area contributed by atoms with Crippen LogP contribution in [0.15, 0.2) is 24.3 Å².